The molecule has 6 heteroatoms. The van der Waals surface area contributed by atoms with Gasteiger partial charge in [-0.2, -0.15) is 4.31 Å². The van der Waals surface area contributed by atoms with E-state index in [2.05, 4.69) is 0 Å². The molecule has 1 aliphatic heterocycles. The lowest BCUT2D eigenvalue weighted by Crippen LogP contribution is -2.40. The van der Waals surface area contributed by atoms with E-state index < -0.39 is 10.0 Å². The standard InChI is InChI=1S/C13H18N2O3S/c1-9-13(14)6-7-15(9)19(17,18)12-5-3-4-11(8-12)10(2)16/h3-5,8-9,13H,6-7,14H2,1-2H3. The summed E-state index contributed by atoms with van der Waals surface area (Å²) < 4.78 is 26.5. The summed E-state index contributed by atoms with van der Waals surface area (Å²) >= 11 is 0. The minimum atomic E-state index is -3.58. The molecular weight excluding hydrogens is 264 g/mol. The van der Waals surface area contributed by atoms with E-state index in [4.69, 9.17) is 5.73 Å². The molecule has 1 saturated heterocycles. The molecule has 0 saturated carbocycles. The van der Waals surface area contributed by atoms with Crippen molar-refractivity contribution >= 4 is 15.8 Å². The zero-order valence-electron chi connectivity index (χ0n) is 11.0. The molecular formula is C13H18N2O3S. The van der Waals surface area contributed by atoms with Gasteiger partial charge in [0.05, 0.1) is 4.90 Å². The predicted octanol–water partition coefficient (Wildman–Crippen LogP) is 0.999. The van der Waals surface area contributed by atoms with Gasteiger partial charge in [0.25, 0.3) is 0 Å². The number of hydrogen-bond donors (Lipinski definition) is 1. The Morgan fingerprint density at radius 1 is 1.42 bits per heavy atom. The second-order valence-electron chi connectivity index (χ2n) is 4.89. The van der Waals surface area contributed by atoms with E-state index in [0.29, 0.717) is 18.5 Å². The van der Waals surface area contributed by atoms with Gasteiger partial charge in [-0.3, -0.25) is 4.79 Å². The molecule has 19 heavy (non-hydrogen) atoms. The molecule has 104 valence electrons. The van der Waals surface area contributed by atoms with Crippen LogP contribution in [-0.2, 0) is 10.0 Å². The summed E-state index contributed by atoms with van der Waals surface area (Å²) in [6.45, 7) is 3.65. The lowest BCUT2D eigenvalue weighted by atomic mass is 10.2. The number of benzene rings is 1. The molecule has 2 atom stereocenters. The number of carbonyl (C=O) groups excluding carboxylic acids is 1. The first-order chi connectivity index (χ1) is 8.84. The molecule has 2 N–H and O–H groups in total. The third kappa shape index (κ3) is 2.56. The van der Waals surface area contributed by atoms with Gasteiger partial charge >= 0.3 is 0 Å². The van der Waals surface area contributed by atoms with E-state index in [1.165, 1.54) is 23.4 Å². The lowest BCUT2D eigenvalue weighted by Gasteiger charge is -2.22. The lowest BCUT2D eigenvalue weighted by molar-refractivity contribution is 0.101. The van der Waals surface area contributed by atoms with Crippen molar-refractivity contribution in [3.63, 3.8) is 0 Å². The minimum Gasteiger partial charge on any atom is -0.326 e. The van der Waals surface area contributed by atoms with E-state index in [0.717, 1.165) is 0 Å². The van der Waals surface area contributed by atoms with Crippen LogP contribution in [0.5, 0.6) is 0 Å². The Morgan fingerprint density at radius 2 is 2.11 bits per heavy atom. The van der Waals surface area contributed by atoms with E-state index in [-0.39, 0.29) is 22.8 Å². The molecule has 1 heterocycles. The summed E-state index contributed by atoms with van der Waals surface area (Å²) in [6, 6.07) is 5.79. The second-order valence-corrected chi connectivity index (χ2v) is 6.78. The first-order valence-electron chi connectivity index (χ1n) is 6.22. The quantitative estimate of drug-likeness (QED) is 0.839. The van der Waals surface area contributed by atoms with Crippen molar-refractivity contribution in [1.29, 1.82) is 0 Å². The van der Waals surface area contributed by atoms with Crippen molar-refractivity contribution < 1.29 is 13.2 Å². The molecule has 0 amide bonds. The second kappa shape index (κ2) is 5.03. The Hall–Kier alpha value is -1.24. The zero-order chi connectivity index (χ0) is 14.2. The fraction of sp³-hybridized carbons (Fsp3) is 0.462. The van der Waals surface area contributed by atoms with Crippen molar-refractivity contribution in [2.75, 3.05) is 6.54 Å². The summed E-state index contributed by atoms with van der Waals surface area (Å²) in [5.74, 6) is -0.150. The van der Waals surface area contributed by atoms with Crippen molar-refractivity contribution in [3.8, 4) is 0 Å². The van der Waals surface area contributed by atoms with Gasteiger partial charge in [-0.05, 0) is 32.4 Å². The maximum absolute atomic E-state index is 12.5. The maximum atomic E-state index is 12.5. The van der Waals surface area contributed by atoms with Crippen molar-refractivity contribution in [2.45, 2.75) is 37.2 Å². The molecule has 0 spiro atoms. The number of sulfonamides is 1. The van der Waals surface area contributed by atoms with Crippen molar-refractivity contribution in [3.05, 3.63) is 29.8 Å². The molecule has 1 aromatic rings. The Bertz CT molecular complexity index is 598. The fourth-order valence-electron chi connectivity index (χ4n) is 2.28. The van der Waals surface area contributed by atoms with Gasteiger partial charge in [0, 0.05) is 24.2 Å². The van der Waals surface area contributed by atoms with Gasteiger partial charge in [-0.15, -0.1) is 0 Å². The van der Waals surface area contributed by atoms with Gasteiger partial charge in [0.15, 0.2) is 5.78 Å². The van der Waals surface area contributed by atoms with Gasteiger partial charge in [0.2, 0.25) is 10.0 Å². The molecule has 1 aliphatic rings. The summed E-state index contributed by atoms with van der Waals surface area (Å²) in [5, 5.41) is 0. The van der Waals surface area contributed by atoms with Crippen LogP contribution in [0.4, 0.5) is 0 Å². The maximum Gasteiger partial charge on any atom is 0.243 e. The fourth-order valence-corrected chi connectivity index (χ4v) is 4.02. The first-order valence-corrected chi connectivity index (χ1v) is 7.66. The summed E-state index contributed by atoms with van der Waals surface area (Å²) in [6.07, 6.45) is 0.660. The molecule has 1 fully saturated rings. The molecule has 5 nitrogen and oxygen atoms in total. The minimum absolute atomic E-state index is 0.134. The Balaban J connectivity index is 2.40. The first kappa shape index (κ1) is 14.2. The average molecular weight is 282 g/mol. The van der Waals surface area contributed by atoms with Crippen LogP contribution in [0.25, 0.3) is 0 Å². The summed E-state index contributed by atoms with van der Waals surface area (Å²) in [4.78, 5) is 11.5. The van der Waals surface area contributed by atoms with Crippen LogP contribution in [0.3, 0.4) is 0 Å². The highest BCUT2D eigenvalue weighted by Gasteiger charge is 2.37. The highest BCUT2D eigenvalue weighted by Crippen LogP contribution is 2.25. The third-order valence-corrected chi connectivity index (χ3v) is 5.59. The van der Waals surface area contributed by atoms with E-state index in [9.17, 15) is 13.2 Å². The Kier molecular flexibility index (Phi) is 3.75. The number of rotatable bonds is 3. The molecule has 2 unspecified atom stereocenters. The Labute approximate surface area is 113 Å². The molecule has 0 radical (unpaired) electrons. The number of carbonyl (C=O) groups is 1. The monoisotopic (exact) mass is 282 g/mol. The van der Waals surface area contributed by atoms with E-state index >= 15 is 0 Å². The smallest absolute Gasteiger partial charge is 0.243 e. The summed E-state index contributed by atoms with van der Waals surface area (Å²) in [7, 11) is -3.58. The number of Topliss-reactive ketones (excluding diaryl/α,β-unsaturated/α-hetero) is 1. The SMILES string of the molecule is CC(=O)c1cccc(S(=O)(=O)N2CCC(N)C2C)c1. The van der Waals surface area contributed by atoms with Crippen LogP contribution in [0.2, 0.25) is 0 Å². The van der Waals surface area contributed by atoms with Crippen LogP contribution >= 0.6 is 0 Å². The van der Waals surface area contributed by atoms with Crippen LogP contribution in [0.15, 0.2) is 29.2 Å². The van der Waals surface area contributed by atoms with Gasteiger partial charge in [0.1, 0.15) is 0 Å². The van der Waals surface area contributed by atoms with Crippen LogP contribution in [-0.4, -0.2) is 37.1 Å². The topological polar surface area (TPSA) is 80.5 Å². The molecule has 1 aromatic carbocycles. The van der Waals surface area contributed by atoms with E-state index in [1.54, 1.807) is 12.1 Å². The van der Waals surface area contributed by atoms with Crippen molar-refractivity contribution in [2.24, 2.45) is 5.73 Å². The number of hydrogen-bond acceptors (Lipinski definition) is 4. The van der Waals surface area contributed by atoms with Crippen molar-refractivity contribution in [1.82, 2.24) is 4.31 Å². The number of nitrogens with zero attached hydrogens (tertiary/aromatic N) is 1. The molecule has 0 aliphatic carbocycles. The highest BCUT2D eigenvalue weighted by molar-refractivity contribution is 7.89. The van der Waals surface area contributed by atoms with Gasteiger partial charge < -0.3 is 5.73 Å². The molecule has 0 bridgehead atoms. The zero-order valence-corrected chi connectivity index (χ0v) is 11.9. The number of nitrogens with two attached hydrogens (primary N) is 1. The normalized spacial score (nSPS) is 24.6. The van der Waals surface area contributed by atoms with Gasteiger partial charge in [-0.1, -0.05) is 12.1 Å². The molecule has 2 rings (SSSR count). The van der Waals surface area contributed by atoms with Crippen LogP contribution < -0.4 is 5.73 Å². The third-order valence-electron chi connectivity index (χ3n) is 3.60. The Morgan fingerprint density at radius 3 is 2.63 bits per heavy atom. The molecule has 0 aromatic heterocycles. The summed E-state index contributed by atoms with van der Waals surface area (Å²) in [5.41, 5.74) is 6.26. The van der Waals surface area contributed by atoms with Gasteiger partial charge in [-0.25, -0.2) is 8.42 Å². The largest absolute Gasteiger partial charge is 0.326 e. The van der Waals surface area contributed by atoms with Crippen LogP contribution in [0.1, 0.15) is 30.6 Å². The highest BCUT2D eigenvalue weighted by atomic mass is 32.2. The predicted molar refractivity (Wildman–Crippen MR) is 72.4 cm³/mol. The number of ketones is 1. The van der Waals surface area contributed by atoms with E-state index in [1.807, 2.05) is 6.92 Å². The average Bonchev–Trinajstić information content (AvgIpc) is 2.70. The van der Waals surface area contributed by atoms with Crippen LogP contribution in [0, 0.1) is 0 Å².